The summed E-state index contributed by atoms with van der Waals surface area (Å²) in [6.07, 6.45) is 4.92. The van der Waals surface area contributed by atoms with Crippen LogP contribution in [0, 0.1) is 21.7 Å². The fourth-order valence-electron chi connectivity index (χ4n) is 4.85. The lowest BCUT2D eigenvalue weighted by Crippen LogP contribution is -2.25. The number of fused-ring (bicyclic) bond motifs is 2. The van der Waals surface area contributed by atoms with Gasteiger partial charge in [0.1, 0.15) is 29.5 Å². The molecule has 3 heterocycles. The van der Waals surface area contributed by atoms with Crippen LogP contribution in [0.15, 0.2) is 78.1 Å². The monoisotopic (exact) mass is 572 g/mol. The molecule has 3 aromatic carbocycles. The quantitative estimate of drug-likeness (QED) is 0.124. The largest absolute Gasteiger partial charge is 0.480 e. The number of nitro benzene ring substituents is 1. The molecular weight excluding hydrogens is 550 g/mol. The molecule has 0 saturated heterocycles. The molecular formula is C29H22F2N6O3S. The van der Waals surface area contributed by atoms with Crippen LogP contribution in [-0.2, 0) is 6.42 Å². The van der Waals surface area contributed by atoms with Crippen molar-refractivity contribution >= 4 is 45.7 Å². The first kappa shape index (κ1) is 26.4. The van der Waals surface area contributed by atoms with Gasteiger partial charge in [-0.2, -0.15) is 0 Å². The summed E-state index contributed by atoms with van der Waals surface area (Å²) in [6.45, 7) is 0.679. The minimum atomic E-state index is -0.678. The fourth-order valence-corrected chi connectivity index (χ4v) is 5.51. The number of non-ortho nitro benzene ring substituents is 1. The minimum Gasteiger partial charge on any atom is -0.480 e. The Morgan fingerprint density at radius 1 is 1.02 bits per heavy atom. The topological polar surface area (TPSA) is 106 Å². The van der Waals surface area contributed by atoms with Gasteiger partial charge in [-0.05, 0) is 66.2 Å². The van der Waals surface area contributed by atoms with Crippen LogP contribution in [0.1, 0.15) is 12.0 Å². The zero-order chi connectivity index (χ0) is 28.5. The van der Waals surface area contributed by atoms with Crippen molar-refractivity contribution in [2.75, 3.05) is 23.3 Å². The highest BCUT2D eigenvalue weighted by atomic mass is 32.2. The third kappa shape index (κ3) is 5.21. The van der Waals surface area contributed by atoms with Gasteiger partial charge in [0, 0.05) is 42.2 Å². The Morgan fingerprint density at radius 3 is 2.71 bits per heavy atom. The zero-order valence-electron chi connectivity index (χ0n) is 21.7. The minimum absolute atomic E-state index is 0.0257. The standard InChI is InChI=1S/C29H22F2N6O3S/c1-40-29-25(35-41-27-9-6-20(30)13-23(27)31)11-19(15-32-29)18-5-4-17-3-2-10-36(26(17)12-18)28-22-14-21(37(38)39)7-8-24(22)33-16-34-28/h4-9,11-16,35H,2-3,10H2,1H3. The number of nitro groups is 1. The lowest BCUT2D eigenvalue weighted by atomic mass is 9.96. The number of pyridine rings is 1. The second-order valence-electron chi connectivity index (χ2n) is 9.31. The van der Waals surface area contributed by atoms with E-state index in [4.69, 9.17) is 4.74 Å². The fraction of sp³-hybridized carbons (Fsp3) is 0.138. The number of rotatable bonds is 7. The van der Waals surface area contributed by atoms with Gasteiger partial charge in [0.15, 0.2) is 0 Å². The van der Waals surface area contributed by atoms with E-state index in [1.165, 1.54) is 37.7 Å². The molecule has 1 N–H and O–H groups in total. The second kappa shape index (κ2) is 11.0. The maximum Gasteiger partial charge on any atom is 0.270 e. The van der Waals surface area contributed by atoms with Crippen molar-refractivity contribution in [1.29, 1.82) is 0 Å². The summed E-state index contributed by atoms with van der Waals surface area (Å²) >= 11 is 0.985. The number of hydrogen-bond acceptors (Lipinski definition) is 9. The molecule has 206 valence electrons. The molecule has 5 aromatic rings. The van der Waals surface area contributed by atoms with Gasteiger partial charge >= 0.3 is 0 Å². The number of ether oxygens (including phenoxy) is 1. The van der Waals surface area contributed by atoms with Crippen LogP contribution >= 0.6 is 11.9 Å². The van der Waals surface area contributed by atoms with E-state index >= 15 is 0 Å². The Bertz CT molecular complexity index is 1810. The molecule has 0 saturated carbocycles. The van der Waals surface area contributed by atoms with Gasteiger partial charge in [-0.25, -0.2) is 23.7 Å². The predicted octanol–water partition coefficient (Wildman–Crippen LogP) is 7.09. The third-order valence-corrected chi connectivity index (χ3v) is 7.68. The van der Waals surface area contributed by atoms with Gasteiger partial charge in [-0.1, -0.05) is 12.1 Å². The van der Waals surface area contributed by atoms with Crippen LogP contribution in [0.2, 0.25) is 0 Å². The number of aromatic nitrogens is 3. The summed E-state index contributed by atoms with van der Waals surface area (Å²) in [5, 5.41) is 12.1. The summed E-state index contributed by atoms with van der Waals surface area (Å²) in [6, 6.07) is 15.9. The summed E-state index contributed by atoms with van der Waals surface area (Å²) in [7, 11) is 1.49. The van der Waals surface area contributed by atoms with Crippen molar-refractivity contribution in [3.63, 3.8) is 0 Å². The van der Waals surface area contributed by atoms with Gasteiger partial charge in [0.2, 0.25) is 5.88 Å². The van der Waals surface area contributed by atoms with Crippen molar-refractivity contribution in [1.82, 2.24) is 15.0 Å². The molecule has 6 rings (SSSR count). The summed E-state index contributed by atoms with van der Waals surface area (Å²) < 4.78 is 36.0. The second-order valence-corrected chi connectivity index (χ2v) is 10.2. The maximum absolute atomic E-state index is 14.2. The molecule has 0 fully saturated rings. The van der Waals surface area contributed by atoms with Gasteiger partial charge in [-0.15, -0.1) is 0 Å². The molecule has 1 aliphatic heterocycles. The van der Waals surface area contributed by atoms with Crippen LogP contribution in [0.3, 0.4) is 0 Å². The maximum atomic E-state index is 14.2. The first-order chi connectivity index (χ1) is 19.9. The molecule has 0 bridgehead atoms. The van der Waals surface area contributed by atoms with Gasteiger partial charge in [0.05, 0.1) is 27.8 Å². The number of anilines is 3. The number of hydrogen-bond donors (Lipinski definition) is 1. The Hall–Kier alpha value is -4.84. The van der Waals surface area contributed by atoms with Crippen LogP contribution in [0.5, 0.6) is 5.88 Å². The zero-order valence-corrected chi connectivity index (χ0v) is 22.5. The first-order valence-corrected chi connectivity index (χ1v) is 13.4. The average molecular weight is 573 g/mol. The summed E-state index contributed by atoms with van der Waals surface area (Å²) in [4.78, 5) is 26.6. The Kier molecular flexibility index (Phi) is 7.06. The molecule has 1 aliphatic rings. The number of nitrogens with zero attached hydrogens (tertiary/aromatic N) is 5. The highest BCUT2D eigenvalue weighted by Gasteiger charge is 2.23. The molecule has 0 aliphatic carbocycles. The van der Waals surface area contributed by atoms with Crippen molar-refractivity contribution in [3.8, 4) is 17.0 Å². The van der Waals surface area contributed by atoms with Gasteiger partial charge in [0.25, 0.3) is 5.69 Å². The first-order valence-electron chi connectivity index (χ1n) is 12.6. The molecule has 9 nitrogen and oxygen atoms in total. The van der Waals surface area contributed by atoms with E-state index in [9.17, 15) is 18.9 Å². The molecule has 0 atom stereocenters. The van der Waals surface area contributed by atoms with Crippen molar-refractivity contribution in [2.24, 2.45) is 0 Å². The lowest BCUT2D eigenvalue weighted by molar-refractivity contribution is -0.384. The van der Waals surface area contributed by atoms with E-state index in [0.29, 0.717) is 34.8 Å². The van der Waals surface area contributed by atoms with Crippen molar-refractivity contribution in [2.45, 2.75) is 17.7 Å². The van der Waals surface area contributed by atoms with Crippen LogP contribution in [0.4, 0.5) is 31.7 Å². The van der Waals surface area contributed by atoms with E-state index in [0.717, 1.165) is 53.2 Å². The SMILES string of the molecule is COc1ncc(-c2ccc3c(c2)N(c2ncnc4ccc([N+](=O)[O-])cc24)CCC3)cc1NSc1ccc(F)cc1F. The van der Waals surface area contributed by atoms with Gasteiger partial charge < -0.3 is 14.4 Å². The molecule has 2 aromatic heterocycles. The Morgan fingerprint density at radius 2 is 1.90 bits per heavy atom. The molecule has 0 spiro atoms. The highest BCUT2D eigenvalue weighted by Crippen LogP contribution is 2.40. The highest BCUT2D eigenvalue weighted by molar-refractivity contribution is 8.00. The van der Waals surface area contributed by atoms with E-state index in [2.05, 4.69) is 30.6 Å². The van der Waals surface area contributed by atoms with Crippen LogP contribution < -0.4 is 14.4 Å². The van der Waals surface area contributed by atoms with E-state index in [1.807, 2.05) is 18.2 Å². The van der Waals surface area contributed by atoms with Crippen LogP contribution in [0.25, 0.3) is 22.0 Å². The molecule has 0 radical (unpaired) electrons. The van der Waals surface area contributed by atoms with Crippen LogP contribution in [-0.4, -0.2) is 33.5 Å². The number of nitrogens with one attached hydrogen (secondary N) is 1. The van der Waals surface area contributed by atoms with E-state index < -0.39 is 16.6 Å². The summed E-state index contributed by atoms with van der Waals surface area (Å²) in [5.41, 5.74) is 4.83. The molecule has 0 amide bonds. The third-order valence-electron chi connectivity index (χ3n) is 6.81. The normalized spacial score (nSPS) is 12.7. The van der Waals surface area contributed by atoms with E-state index in [-0.39, 0.29) is 10.6 Å². The number of methoxy groups -OCH3 is 1. The molecule has 12 heteroatoms. The smallest absolute Gasteiger partial charge is 0.270 e. The van der Waals surface area contributed by atoms with Crippen molar-refractivity contribution in [3.05, 3.63) is 101 Å². The predicted molar refractivity (Wildman–Crippen MR) is 154 cm³/mol. The average Bonchev–Trinajstić information content (AvgIpc) is 2.99. The molecule has 0 unspecified atom stereocenters. The van der Waals surface area contributed by atoms with E-state index in [1.54, 1.807) is 12.3 Å². The Labute approximate surface area is 237 Å². The summed E-state index contributed by atoms with van der Waals surface area (Å²) in [5.74, 6) is -0.409. The van der Waals surface area contributed by atoms with Gasteiger partial charge in [-0.3, -0.25) is 10.1 Å². The Balaban J connectivity index is 1.37. The number of benzene rings is 3. The number of aryl methyl sites for hydroxylation is 1. The molecule has 41 heavy (non-hydrogen) atoms. The van der Waals surface area contributed by atoms with Crippen molar-refractivity contribution < 1.29 is 18.4 Å². The number of halogens is 2. The lowest BCUT2D eigenvalue weighted by Gasteiger charge is -2.31.